The monoisotopic (exact) mass is 423 g/mol. The Hall–Kier alpha value is -1.87. The number of aryl methyl sites for hydroxylation is 2. The van der Waals surface area contributed by atoms with Crippen molar-refractivity contribution in [3.8, 4) is 11.5 Å². The van der Waals surface area contributed by atoms with Crippen molar-refractivity contribution in [1.29, 1.82) is 0 Å². The van der Waals surface area contributed by atoms with Crippen molar-refractivity contribution < 1.29 is 17.6 Å². The Kier molecular flexibility index (Phi) is 6.44. The molecule has 0 N–H and O–H groups in total. The zero-order chi connectivity index (χ0) is 20.3. The highest BCUT2D eigenvalue weighted by Gasteiger charge is 2.34. The fraction of sp³-hybridized carbons (Fsp3) is 0.526. The average Bonchev–Trinajstić information content (AvgIpc) is 3.23. The minimum absolute atomic E-state index is 0.0564. The van der Waals surface area contributed by atoms with Crippen LogP contribution in [0, 0.1) is 13.8 Å². The normalized spacial score (nSPS) is 18.3. The molecule has 3 rings (SSSR count). The highest BCUT2D eigenvalue weighted by atomic mass is 32.2. The van der Waals surface area contributed by atoms with Crippen LogP contribution in [0.2, 0.25) is 0 Å². The maximum absolute atomic E-state index is 12.7. The summed E-state index contributed by atoms with van der Waals surface area (Å²) < 4.78 is 29.2. The number of hydrogen-bond donors (Lipinski definition) is 0. The van der Waals surface area contributed by atoms with Gasteiger partial charge in [-0.2, -0.15) is 0 Å². The van der Waals surface area contributed by atoms with E-state index >= 15 is 0 Å². The van der Waals surface area contributed by atoms with Crippen LogP contribution in [0.5, 0.6) is 0 Å². The molecule has 1 atom stereocenters. The summed E-state index contributed by atoms with van der Waals surface area (Å²) in [7, 11) is -3.04. The van der Waals surface area contributed by atoms with E-state index in [1.54, 1.807) is 4.90 Å². The maximum atomic E-state index is 12.7. The molecule has 2 aromatic rings. The van der Waals surface area contributed by atoms with E-state index in [1.165, 1.54) is 11.8 Å². The van der Waals surface area contributed by atoms with E-state index in [4.69, 9.17) is 4.42 Å². The molecule has 0 saturated carbocycles. The van der Waals surface area contributed by atoms with Crippen LogP contribution >= 0.6 is 11.8 Å². The fourth-order valence-corrected chi connectivity index (χ4v) is 5.84. The van der Waals surface area contributed by atoms with Gasteiger partial charge < -0.3 is 9.32 Å². The van der Waals surface area contributed by atoms with Crippen molar-refractivity contribution in [2.24, 2.45) is 0 Å². The Morgan fingerprint density at radius 2 is 1.96 bits per heavy atom. The van der Waals surface area contributed by atoms with Crippen LogP contribution < -0.4 is 0 Å². The summed E-state index contributed by atoms with van der Waals surface area (Å²) in [5.41, 5.74) is 3.07. The Labute approximate surface area is 169 Å². The molecule has 1 saturated heterocycles. The summed E-state index contributed by atoms with van der Waals surface area (Å²) in [6.45, 7) is 6.54. The van der Waals surface area contributed by atoms with Gasteiger partial charge in [0.05, 0.1) is 17.3 Å². The lowest BCUT2D eigenvalue weighted by Crippen LogP contribution is -2.42. The van der Waals surface area contributed by atoms with Crippen LogP contribution in [0.15, 0.2) is 27.8 Å². The zero-order valence-electron chi connectivity index (χ0n) is 16.3. The van der Waals surface area contributed by atoms with Crippen LogP contribution in [0.1, 0.15) is 30.9 Å². The van der Waals surface area contributed by atoms with Crippen molar-refractivity contribution in [2.45, 2.75) is 44.9 Å². The quantitative estimate of drug-likeness (QED) is 0.632. The lowest BCUT2D eigenvalue weighted by Gasteiger charge is -2.27. The van der Waals surface area contributed by atoms with E-state index < -0.39 is 9.84 Å². The molecule has 1 aromatic carbocycles. The summed E-state index contributed by atoms with van der Waals surface area (Å²) in [6.07, 6.45) is 1.29. The van der Waals surface area contributed by atoms with E-state index in [9.17, 15) is 13.2 Å². The third-order valence-corrected chi connectivity index (χ3v) is 7.18. The number of rotatable bonds is 7. The molecule has 9 heteroatoms. The van der Waals surface area contributed by atoms with Gasteiger partial charge in [0, 0.05) is 18.2 Å². The minimum atomic E-state index is -3.04. The number of amides is 1. The molecule has 1 aromatic heterocycles. The molecular formula is C19H25N3O4S2. The molecule has 0 unspecified atom stereocenters. The number of aromatic nitrogens is 2. The molecule has 1 fully saturated rings. The van der Waals surface area contributed by atoms with Gasteiger partial charge in [-0.15, -0.1) is 10.2 Å². The minimum Gasteiger partial charge on any atom is -0.411 e. The first-order valence-corrected chi connectivity index (χ1v) is 12.1. The summed E-state index contributed by atoms with van der Waals surface area (Å²) in [5, 5.41) is 8.44. The number of hydrogen-bond acceptors (Lipinski definition) is 7. The lowest BCUT2D eigenvalue weighted by atomic mass is 10.1. The van der Waals surface area contributed by atoms with Crippen molar-refractivity contribution in [1.82, 2.24) is 15.1 Å². The van der Waals surface area contributed by atoms with Crippen LogP contribution in [0.4, 0.5) is 0 Å². The Bertz CT molecular complexity index is 936. The van der Waals surface area contributed by atoms with E-state index in [2.05, 4.69) is 16.3 Å². The average molecular weight is 424 g/mol. The van der Waals surface area contributed by atoms with E-state index in [1.807, 2.05) is 32.9 Å². The Morgan fingerprint density at radius 3 is 2.57 bits per heavy atom. The van der Waals surface area contributed by atoms with E-state index in [-0.39, 0.29) is 29.2 Å². The summed E-state index contributed by atoms with van der Waals surface area (Å²) in [6, 6.07) is 5.79. The van der Waals surface area contributed by atoms with Gasteiger partial charge >= 0.3 is 0 Å². The number of benzene rings is 1. The molecule has 0 radical (unpaired) electrons. The summed E-state index contributed by atoms with van der Waals surface area (Å²) in [5.74, 6) is 0.682. The van der Waals surface area contributed by atoms with Gasteiger partial charge in [-0.25, -0.2) is 8.42 Å². The molecule has 1 aliphatic heterocycles. The van der Waals surface area contributed by atoms with Gasteiger partial charge in [0.25, 0.3) is 5.22 Å². The highest BCUT2D eigenvalue weighted by Crippen LogP contribution is 2.26. The van der Waals surface area contributed by atoms with Crippen LogP contribution in [-0.4, -0.2) is 59.3 Å². The van der Waals surface area contributed by atoms with Crippen LogP contribution in [0.3, 0.4) is 0 Å². The Morgan fingerprint density at radius 1 is 1.25 bits per heavy atom. The number of thioether (sulfide) groups is 1. The van der Waals surface area contributed by atoms with Gasteiger partial charge in [0.15, 0.2) is 9.84 Å². The Balaban J connectivity index is 1.64. The van der Waals surface area contributed by atoms with Crippen molar-refractivity contribution >= 4 is 27.5 Å². The highest BCUT2D eigenvalue weighted by molar-refractivity contribution is 7.99. The van der Waals surface area contributed by atoms with Crippen molar-refractivity contribution in [3.05, 3.63) is 29.3 Å². The number of carbonyl (C=O) groups is 1. The third kappa shape index (κ3) is 5.14. The fourth-order valence-electron chi connectivity index (χ4n) is 3.46. The van der Waals surface area contributed by atoms with Gasteiger partial charge in [-0.1, -0.05) is 35.9 Å². The predicted octanol–water partition coefficient (Wildman–Crippen LogP) is 2.87. The number of carbonyl (C=O) groups excluding carboxylic acids is 1. The largest absolute Gasteiger partial charge is 0.411 e. The molecular weight excluding hydrogens is 398 g/mol. The number of sulfone groups is 1. The van der Waals surface area contributed by atoms with Crippen LogP contribution in [-0.2, 0) is 14.6 Å². The molecule has 7 nitrogen and oxygen atoms in total. The smallest absolute Gasteiger partial charge is 0.277 e. The second-order valence-corrected chi connectivity index (χ2v) is 10.3. The first-order valence-electron chi connectivity index (χ1n) is 9.32. The second-order valence-electron chi connectivity index (χ2n) is 7.18. The first-order chi connectivity index (χ1) is 13.3. The zero-order valence-corrected chi connectivity index (χ0v) is 18.0. The molecule has 0 bridgehead atoms. The topological polar surface area (TPSA) is 93.4 Å². The second kappa shape index (κ2) is 8.65. The molecule has 0 spiro atoms. The summed E-state index contributed by atoms with van der Waals surface area (Å²) >= 11 is 1.18. The standard InChI is InChI=1S/C19H25N3O4S2/c1-4-6-22(16-5-7-28(24,25)12-16)17(23)11-27-19-21-20-18(26-19)15-9-13(2)8-14(3)10-15/h8-10,16H,4-7,11-12H2,1-3H3/t16-/m0/s1. The van der Waals surface area contributed by atoms with E-state index in [0.29, 0.717) is 24.1 Å². The first kappa shape index (κ1) is 20.9. The van der Waals surface area contributed by atoms with Crippen molar-refractivity contribution in [3.63, 3.8) is 0 Å². The molecule has 152 valence electrons. The predicted molar refractivity (Wildman–Crippen MR) is 109 cm³/mol. The SMILES string of the molecule is CCCN(C(=O)CSc1nnc(-c2cc(C)cc(C)c2)o1)[C@H]1CCS(=O)(=O)C1. The van der Waals surface area contributed by atoms with Gasteiger partial charge in [-0.05, 0) is 38.8 Å². The third-order valence-electron chi connectivity index (χ3n) is 4.63. The lowest BCUT2D eigenvalue weighted by molar-refractivity contribution is -0.130. The van der Waals surface area contributed by atoms with Gasteiger partial charge in [0.2, 0.25) is 11.8 Å². The molecule has 1 aliphatic rings. The summed E-state index contributed by atoms with van der Waals surface area (Å²) in [4.78, 5) is 14.4. The van der Waals surface area contributed by atoms with Gasteiger partial charge in [-0.3, -0.25) is 4.79 Å². The van der Waals surface area contributed by atoms with Gasteiger partial charge in [0.1, 0.15) is 0 Å². The molecule has 0 aliphatic carbocycles. The molecule has 2 heterocycles. The molecule has 28 heavy (non-hydrogen) atoms. The van der Waals surface area contributed by atoms with E-state index in [0.717, 1.165) is 23.1 Å². The molecule has 1 amide bonds. The van der Waals surface area contributed by atoms with Crippen LogP contribution in [0.25, 0.3) is 11.5 Å². The van der Waals surface area contributed by atoms with Crippen molar-refractivity contribution in [2.75, 3.05) is 23.8 Å². The number of nitrogens with zero attached hydrogens (tertiary/aromatic N) is 3. The maximum Gasteiger partial charge on any atom is 0.277 e.